The maximum Gasteiger partial charge on any atom is 0.159 e. The second-order valence-corrected chi connectivity index (χ2v) is 7.73. The summed E-state index contributed by atoms with van der Waals surface area (Å²) in [5.74, 6) is 0.00682. The molecule has 0 N–H and O–H groups in total. The van der Waals surface area contributed by atoms with Gasteiger partial charge in [0.05, 0.1) is 12.3 Å². The molecule has 0 spiro atoms. The molecule has 0 unspecified atom stereocenters. The van der Waals surface area contributed by atoms with Gasteiger partial charge < -0.3 is 0 Å². The molecule has 0 aliphatic heterocycles. The minimum atomic E-state index is 0.00682. The van der Waals surface area contributed by atoms with Gasteiger partial charge in [-0.2, -0.15) is 0 Å². The fraction of sp³-hybridized carbons (Fsp3) is 0.214. The topological polar surface area (TPSA) is 29.4 Å². The molecular formula is C28H30ClNO. The van der Waals surface area contributed by atoms with Crippen LogP contribution in [0, 0.1) is 0 Å². The van der Waals surface area contributed by atoms with Crippen molar-refractivity contribution in [2.24, 2.45) is 4.99 Å². The van der Waals surface area contributed by atoms with Gasteiger partial charge in [-0.1, -0.05) is 85.5 Å². The zero-order valence-corrected chi connectivity index (χ0v) is 19.2. The molecule has 0 saturated heterocycles. The molecule has 1 aromatic carbocycles. The number of carbonyl (C=O) groups is 1. The Hall–Kier alpha value is -2.97. The molecular weight excluding hydrogens is 402 g/mol. The van der Waals surface area contributed by atoms with Crippen molar-refractivity contribution in [3.8, 4) is 0 Å². The Morgan fingerprint density at radius 1 is 1.26 bits per heavy atom. The quantitative estimate of drug-likeness (QED) is 0.281. The van der Waals surface area contributed by atoms with Crippen molar-refractivity contribution < 1.29 is 4.79 Å². The normalized spacial score (nSPS) is 16.7. The third-order valence-corrected chi connectivity index (χ3v) is 5.21. The SMILES string of the molecule is C=C/C=C(/CCCc1cccc(/C=C/CN=C2C=C(Cl)C=C/C2=C/C)c1)C(=C)C(C)=O. The lowest BCUT2D eigenvalue weighted by molar-refractivity contribution is -0.113. The van der Waals surface area contributed by atoms with Crippen LogP contribution in [0.4, 0.5) is 0 Å². The van der Waals surface area contributed by atoms with E-state index in [0.29, 0.717) is 17.2 Å². The van der Waals surface area contributed by atoms with Crippen molar-refractivity contribution in [3.05, 3.63) is 113 Å². The molecule has 1 aliphatic carbocycles. The van der Waals surface area contributed by atoms with Gasteiger partial charge in [-0.25, -0.2) is 0 Å². The molecule has 0 radical (unpaired) electrons. The van der Waals surface area contributed by atoms with Gasteiger partial charge in [-0.05, 0) is 67.5 Å². The van der Waals surface area contributed by atoms with Gasteiger partial charge in [-0.3, -0.25) is 9.79 Å². The zero-order chi connectivity index (χ0) is 22.6. The van der Waals surface area contributed by atoms with E-state index in [1.807, 2.05) is 37.3 Å². The average Bonchev–Trinajstić information content (AvgIpc) is 2.76. The number of benzene rings is 1. The highest BCUT2D eigenvalue weighted by Gasteiger charge is 2.07. The summed E-state index contributed by atoms with van der Waals surface area (Å²) >= 11 is 6.09. The van der Waals surface area contributed by atoms with Crippen molar-refractivity contribution in [2.45, 2.75) is 33.1 Å². The van der Waals surface area contributed by atoms with Crippen LogP contribution in [0.5, 0.6) is 0 Å². The first-order valence-corrected chi connectivity index (χ1v) is 10.9. The molecule has 0 amide bonds. The van der Waals surface area contributed by atoms with E-state index in [9.17, 15) is 4.79 Å². The second kappa shape index (κ2) is 12.7. The molecule has 160 valence electrons. The van der Waals surface area contributed by atoms with Crippen LogP contribution in [-0.4, -0.2) is 18.0 Å². The molecule has 1 aliphatic rings. The molecule has 3 heteroatoms. The van der Waals surface area contributed by atoms with Gasteiger partial charge in [0, 0.05) is 10.6 Å². The zero-order valence-electron chi connectivity index (χ0n) is 18.4. The lowest BCUT2D eigenvalue weighted by Gasteiger charge is -2.08. The summed E-state index contributed by atoms with van der Waals surface area (Å²) in [4.78, 5) is 16.2. The molecule has 31 heavy (non-hydrogen) atoms. The number of carbonyl (C=O) groups excluding carboxylic acids is 1. The predicted octanol–water partition coefficient (Wildman–Crippen LogP) is 7.36. The van der Waals surface area contributed by atoms with E-state index in [-0.39, 0.29) is 5.78 Å². The molecule has 0 bridgehead atoms. The molecule has 0 atom stereocenters. The number of nitrogens with zero attached hydrogens (tertiary/aromatic N) is 1. The summed E-state index contributed by atoms with van der Waals surface area (Å²) in [7, 11) is 0. The lowest BCUT2D eigenvalue weighted by atomic mass is 9.96. The van der Waals surface area contributed by atoms with Gasteiger partial charge >= 0.3 is 0 Å². The first kappa shape index (κ1) is 24.3. The van der Waals surface area contributed by atoms with Crippen LogP contribution < -0.4 is 0 Å². The average molecular weight is 432 g/mol. The minimum Gasteiger partial charge on any atom is -0.295 e. The third kappa shape index (κ3) is 7.99. The van der Waals surface area contributed by atoms with Crippen LogP contribution in [0.25, 0.3) is 6.08 Å². The number of ketones is 1. The summed E-state index contributed by atoms with van der Waals surface area (Å²) in [6, 6.07) is 8.49. The minimum absolute atomic E-state index is 0.00682. The van der Waals surface area contributed by atoms with Gasteiger partial charge in [0.25, 0.3) is 0 Å². The number of aryl methyl sites for hydroxylation is 1. The van der Waals surface area contributed by atoms with Crippen LogP contribution in [0.1, 0.15) is 37.8 Å². The second-order valence-electron chi connectivity index (χ2n) is 7.30. The van der Waals surface area contributed by atoms with Gasteiger partial charge in [-0.15, -0.1) is 0 Å². The van der Waals surface area contributed by atoms with Crippen molar-refractivity contribution in [3.63, 3.8) is 0 Å². The van der Waals surface area contributed by atoms with E-state index in [1.54, 1.807) is 13.0 Å². The molecule has 0 aromatic heterocycles. The highest BCUT2D eigenvalue weighted by Crippen LogP contribution is 2.19. The van der Waals surface area contributed by atoms with Crippen LogP contribution in [-0.2, 0) is 11.2 Å². The van der Waals surface area contributed by atoms with Gasteiger partial charge in [0.1, 0.15) is 0 Å². The van der Waals surface area contributed by atoms with Crippen molar-refractivity contribution in [1.82, 2.24) is 0 Å². The Morgan fingerprint density at radius 2 is 2.06 bits per heavy atom. The number of aliphatic imine (C=N–C) groups is 1. The van der Waals surface area contributed by atoms with E-state index < -0.39 is 0 Å². The summed E-state index contributed by atoms with van der Waals surface area (Å²) in [6.07, 6.45) is 18.2. The Morgan fingerprint density at radius 3 is 2.77 bits per heavy atom. The number of rotatable bonds is 10. The predicted molar refractivity (Wildman–Crippen MR) is 136 cm³/mol. The smallest absolute Gasteiger partial charge is 0.159 e. The highest BCUT2D eigenvalue weighted by atomic mass is 35.5. The first-order chi connectivity index (χ1) is 14.9. The monoisotopic (exact) mass is 431 g/mol. The van der Waals surface area contributed by atoms with E-state index in [0.717, 1.165) is 41.7 Å². The summed E-state index contributed by atoms with van der Waals surface area (Å²) in [5.41, 5.74) is 5.94. The van der Waals surface area contributed by atoms with Crippen LogP contribution in [0.15, 0.2) is 107 Å². The highest BCUT2D eigenvalue weighted by molar-refractivity contribution is 6.34. The fourth-order valence-electron chi connectivity index (χ4n) is 3.28. The Kier molecular flexibility index (Phi) is 9.93. The van der Waals surface area contributed by atoms with Gasteiger partial charge in [0.2, 0.25) is 0 Å². The maximum atomic E-state index is 11.6. The molecule has 2 rings (SSSR count). The molecule has 2 nitrogen and oxygen atoms in total. The number of hydrogen-bond donors (Lipinski definition) is 0. The third-order valence-electron chi connectivity index (χ3n) is 4.98. The summed E-state index contributed by atoms with van der Waals surface area (Å²) < 4.78 is 0. The fourth-order valence-corrected chi connectivity index (χ4v) is 3.44. The van der Waals surface area contributed by atoms with Crippen LogP contribution >= 0.6 is 11.6 Å². The summed E-state index contributed by atoms with van der Waals surface area (Å²) in [6.45, 7) is 11.8. The number of allylic oxidation sites excluding steroid dienone is 10. The molecule has 1 aromatic rings. The van der Waals surface area contributed by atoms with Crippen molar-refractivity contribution in [2.75, 3.05) is 6.54 Å². The van der Waals surface area contributed by atoms with Crippen molar-refractivity contribution in [1.29, 1.82) is 0 Å². The van der Waals surface area contributed by atoms with E-state index in [1.165, 1.54) is 5.56 Å². The number of hydrogen-bond acceptors (Lipinski definition) is 2. The van der Waals surface area contributed by atoms with E-state index >= 15 is 0 Å². The molecule has 0 fully saturated rings. The van der Waals surface area contributed by atoms with E-state index in [4.69, 9.17) is 11.6 Å². The van der Waals surface area contributed by atoms with Crippen LogP contribution in [0.2, 0.25) is 0 Å². The van der Waals surface area contributed by atoms with Crippen LogP contribution in [0.3, 0.4) is 0 Å². The standard InChI is InChI=1S/C28H30ClNO/c1-5-10-26(21(3)22(4)31)15-8-13-23-11-7-12-24(19-23)14-9-18-30-28-20-27(29)17-16-25(28)6-2/h5-7,9-12,14,16-17,19-20H,1,3,8,13,15,18H2,2,4H3/b14-9+,25-6-,26-10-,30-28?. The van der Waals surface area contributed by atoms with Gasteiger partial charge in [0.15, 0.2) is 5.78 Å². The Bertz CT molecular complexity index is 1020. The Balaban J connectivity index is 1.94. The Labute approximate surface area is 191 Å². The van der Waals surface area contributed by atoms with E-state index in [2.05, 4.69) is 54.6 Å². The first-order valence-electron chi connectivity index (χ1n) is 10.5. The van der Waals surface area contributed by atoms with Crippen molar-refractivity contribution >= 4 is 29.2 Å². The molecule has 0 saturated carbocycles. The lowest BCUT2D eigenvalue weighted by Crippen LogP contribution is -2.02. The summed E-state index contributed by atoms with van der Waals surface area (Å²) in [5, 5.41) is 0.694. The molecule has 0 heterocycles. The number of halogens is 1. The number of Topliss-reactive ketones (excluding diaryl/α,β-unsaturated/α-hetero) is 1. The largest absolute Gasteiger partial charge is 0.295 e. The maximum absolute atomic E-state index is 11.6.